The van der Waals surface area contributed by atoms with Crippen LogP contribution < -0.4 is 0 Å². The first-order valence-corrected chi connectivity index (χ1v) is 7.53. The molecule has 0 saturated carbocycles. The maximum absolute atomic E-state index is 12.3. The van der Waals surface area contributed by atoms with Crippen LogP contribution in [0.2, 0.25) is 0 Å². The smallest absolute Gasteiger partial charge is 0.216 e. The molecular formula is C16H11NO3S. The minimum Gasteiger partial charge on any atom is -0.298 e. The zero-order valence-electron chi connectivity index (χ0n) is 10.9. The molecule has 104 valence electrons. The van der Waals surface area contributed by atoms with Gasteiger partial charge in [0.2, 0.25) is 9.84 Å². The summed E-state index contributed by atoms with van der Waals surface area (Å²) in [4.78, 5) is 10.3. The van der Waals surface area contributed by atoms with Gasteiger partial charge in [-0.1, -0.05) is 42.5 Å². The number of benzene rings is 2. The average molecular weight is 297 g/mol. The topological polar surface area (TPSA) is 75.0 Å². The van der Waals surface area contributed by atoms with Crippen molar-refractivity contribution in [3.8, 4) is 6.07 Å². The van der Waals surface area contributed by atoms with Crippen molar-refractivity contribution in [2.45, 2.75) is 4.90 Å². The number of hydrogen-bond donors (Lipinski definition) is 0. The highest BCUT2D eigenvalue weighted by Crippen LogP contribution is 2.20. The third kappa shape index (κ3) is 3.25. The van der Waals surface area contributed by atoms with Gasteiger partial charge in [-0.05, 0) is 23.8 Å². The predicted molar refractivity (Wildman–Crippen MR) is 79.0 cm³/mol. The summed E-state index contributed by atoms with van der Waals surface area (Å²) in [5.74, 6) is 0. The molecule has 0 bridgehead atoms. The molecule has 2 aromatic carbocycles. The number of carbonyl (C=O) groups excluding carboxylic acids is 1. The highest BCUT2D eigenvalue weighted by molar-refractivity contribution is 7.95. The number of hydrogen-bond acceptors (Lipinski definition) is 4. The lowest BCUT2D eigenvalue weighted by molar-refractivity contribution is 0.112. The Kier molecular flexibility index (Phi) is 4.31. The van der Waals surface area contributed by atoms with Crippen molar-refractivity contribution in [1.29, 1.82) is 5.26 Å². The zero-order valence-corrected chi connectivity index (χ0v) is 11.7. The van der Waals surface area contributed by atoms with E-state index in [9.17, 15) is 13.2 Å². The molecule has 21 heavy (non-hydrogen) atoms. The van der Waals surface area contributed by atoms with Crippen LogP contribution in [0.25, 0.3) is 6.08 Å². The normalized spacial score (nSPS) is 11.7. The summed E-state index contributed by atoms with van der Waals surface area (Å²) < 4.78 is 24.7. The first kappa shape index (κ1) is 14.7. The molecule has 0 atom stereocenters. The van der Waals surface area contributed by atoms with Gasteiger partial charge in [-0.3, -0.25) is 4.79 Å². The van der Waals surface area contributed by atoms with Gasteiger partial charge in [-0.15, -0.1) is 0 Å². The van der Waals surface area contributed by atoms with E-state index in [1.807, 2.05) is 0 Å². The Bertz CT molecular complexity index is 814. The van der Waals surface area contributed by atoms with E-state index in [0.29, 0.717) is 17.4 Å². The Morgan fingerprint density at radius 2 is 1.52 bits per heavy atom. The third-order valence-corrected chi connectivity index (χ3v) is 4.50. The second-order valence-electron chi connectivity index (χ2n) is 4.22. The zero-order chi connectivity index (χ0) is 15.3. The molecule has 0 spiro atoms. The van der Waals surface area contributed by atoms with Crippen LogP contribution in [0.5, 0.6) is 0 Å². The summed E-state index contributed by atoms with van der Waals surface area (Å²) in [5, 5.41) is 9.13. The van der Waals surface area contributed by atoms with E-state index >= 15 is 0 Å². The summed E-state index contributed by atoms with van der Waals surface area (Å²) in [5.41, 5.74) is 1.02. The fraction of sp³-hybridized carbons (Fsp3) is 0. The molecule has 0 fully saturated rings. The minimum atomic E-state index is -3.83. The van der Waals surface area contributed by atoms with Gasteiger partial charge >= 0.3 is 0 Å². The van der Waals surface area contributed by atoms with Crippen molar-refractivity contribution < 1.29 is 13.2 Å². The number of carbonyl (C=O) groups is 1. The number of sulfone groups is 1. The van der Waals surface area contributed by atoms with Gasteiger partial charge in [0.1, 0.15) is 17.3 Å². The van der Waals surface area contributed by atoms with Gasteiger partial charge in [0.05, 0.1) is 4.90 Å². The van der Waals surface area contributed by atoms with Crippen LogP contribution in [0, 0.1) is 11.3 Å². The predicted octanol–water partition coefficient (Wildman–Crippen LogP) is 2.84. The molecule has 0 aliphatic rings. The number of nitrogens with zero attached hydrogens (tertiary/aromatic N) is 1. The van der Waals surface area contributed by atoms with E-state index in [0.717, 1.165) is 0 Å². The van der Waals surface area contributed by atoms with E-state index in [-0.39, 0.29) is 9.80 Å². The summed E-state index contributed by atoms with van der Waals surface area (Å²) in [6, 6.07) is 15.8. The highest BCUT2D eigenvalue weighted by Gasteiger charge is 2.20. The van der Waals surface area contributed by atoms with E-state index in [4.69, 9.17) is 5.26 Å². The largest absolute Gasteiger partial charge is 0.298 e. The minimum absolute atomic E-state index is 0.0716. The molecule has 2 rings (SSSR count). The second kappa shape index (κ2) is 6.16. The molecule has 2 aromatic rings. The molecule has 0 aliphatic carbocycles. The maximum atomic E-state index is 12.3. The van der Waals surface area contributed by atoms with Crippen molar-refractivity contribution >= 4 is 22.2 Å². The van der Waals surface area contributed by atoms with Crippen molar-refractivity contribution in [3.63, 3.8) is 0 Å². The van der Waals surface area contributed by atoms with Crippen LogP contribution in [0.3, 0.4) is 0 Å². The monoisotopic (exact) mass is 297 g/mol. The quantitative estimate of drug-likeness (QED) is 0.642. The fourth-order valence-electron chi connectivity index (χ4n) is 1.72. The Hall–Kier alpha value is -2.71. The highest BCUT2D eigenvalue weighted by atomic mass is 32.2. The van der Waals surface area contributed by atoms with Crippen LogP contribution >= 0.6 is 0 Å². The lowest BCUT2D eigenvalue weighted by Crippen LogP contribution is -2.03. The third-order valence-electron chi connectivity index (χ3n) is 2.82. The van der Waals surface area contributed by atoms with Crippen molar-refractivity contribution in [1.82, 2.24) is 0 Å². The molecule has 0 saturated heterocycles. The van der Waals surface area contributed by atoms with Crippen LogP contribution in [0.1, 0.15) is 15.9 Å². The molecule has 0 amide bonds. The number of nitriles is 1. The van der Waals surface area contributed by atoms with Crippen molar-refractivity contribution in [2.24, 2.45) is 0 Å². The summed E-state index contributed by atoms with van der Waals surface area (Å²) in [6.07, 6.45) is 1.98. The average Bonchev–Trinajstić information content (AvgIpc) is 2.53. The number of allylic oxidation sites excluding steroid dienone is 1. The summed E-state index contributed by atoms with van der Waals surface area (Å²) in [6.45, 7) is 0. The van der Waals surface area contributed by atoms with Crippen LogP contribution in [0.4, 0.5) is 0 Å². The van der Waals surface area contributed by atoms with Gasteiger partial charge in [0, 0.05) is 5.56 Å². The Balaban J connectivity index is 2.46. The molecule has 0 heterocycles. The van der Waals surface area contributed by atoms with Gasteiger partial charge in [-0.2, -0.15) is 5.26 Å². The number of rotatable bonds is 4. The van der Waals surface area contributed by atoms with E-state index in [1.54, 1.807) is 48.5 Å². The molecule has 5 heteroatoms. The lowest BCUT2D eigenvalue weighted by atomic mass is 10.1. The Labute approximate surface area is 122 Å². The Morgan fingerprint density at radius 1 is 0.952 bits per heavy atom. The molecule has 0 aromatic heterocycles. The van der Waals surface area contributed by atoms with E-state index < -0.39 is 9.84 Å². The Morgan fingerprint density at radius 3 is 2.05 bits per heavy atom. The molecular weight excluding hydrogens is 286 g/mol. The molecule has 0 aliphatic heterocycles. The molecule has 4 nitrogen and oxygen atoms in total. The standard InChI is InChI=1S/C16H11NO3S/c17-11-16(10-13-6-8-14(12-18)9-7-13)21(19,20)15-4-2-1-3-5-15/h1-10,12H/b16-10+. The van der Waals surface area contributed by atoms with Gasteiger partial charge in [-0.25, -0.2) is 8.42 Å². The van der Waals surface area contributed by atoms with Crippen LogP contribution in [-0.2, 0) is 9.84 Å². The van der Waals surface area contributed by atoms with Crippen LogP contribution in [0.15, 0.2) is 64.4 Å². The number of aldehydes is 1. The first-order valence-electron chi connectivity index (χ1n) is 6.05. The second-order valence-corrected chi connectivity index (χ2v) is 6.14. The van der Waals surface area contributed by atoms with Crippen molar-refractivity contribution in [3.05, 3.63) is 70.6 Å². The SMILES string of the molecule is N#C/C(=C\c1ccc(C=O)cc1)S(=O)(=O)c1ccccc1. The molecule has 0 unspecified atom stereocenters. The van der Waals surface area contributed by atoms with Crippen molar-refractivity contribution in [2.75, 3.05) is 0 Å². The molecule has 0 N–H and O–H groups in total. The van der Waals surface area contributed by atoms with E-state index in [2.05, 4.69) is 0 Å². The maximum Gasteiger partial charge on any atom is 0.216 e. The summed E-state index contributed by atoms with van der Waals surface area (Å²) in [7, 11) is -3.83. The van der Waals surface area contributed by atoms with Gasteiger partial charge in [0.15, 0.2) is 0 Å². The lowest BCUT2D eigenvalue weighted by Gasteiger charge is -2.03. The molecule has 0 radical (unpaired) electrons. The van der Waals surface area contributed by atoms with Gasteiger partial charge in [0.25, 0.3) is 0 Å². The fourth-order valence-corrected chi connectivity index (χ4v) is 2.90. The van der Waals surface area contributed by atoms with Crippen LogP contribution in [-0.4, -0.2) is 14.7 Å². The first-order chi connectivity index (χ1) is 10.1. The summed E-state index contributed by atoms with van der Waals surface area (Å²) >= 11 is 0. The van der Waals surface area contributed by atoms with Gasteiger partial charge < -0.3 is 0 Å². The van der Waals surface area contributed by atoms with E-state index in [1.165, 1.54) is 18.2 Å².